The van der Waals surface area contributed by atoms with Crippen molar-refractivity contribution in [2.75, 3.05) is 6.61 Å². The molecule has 0 aliphatic rings. The van der Waals surface area contributed by atoms with Crippen molar-refractivity contribution in [1.82, 2.24) is 5.32 Å². The van der Waals surface area contributed by atoms with Gasteiger partial charge in [0, 0.05) is 12.1 Å². The van der Waals surface area contributed by atoms with E-state index in [0.717, 1.165) is 43.9 Å². The van der Waals surface area contributed by atoms with E-state index in [1.54, 1.807) is 6.92 Å². The van der Waals surface area contributed by atoms with E-state index in [2.05, 4.69) is 12.2 Å². The van der Waals surface area contributed by atoms with Gasteiger partial charge in [0.1, 0.15) is 6.04 Å². The van der Waals surface area contributed by atoms with Crippen molar-refractivity contribution in [3.8, 4) is 0 Å². The zero-order chi connectivity index (χ0) is 21.1. The lowest BCUT2D eigenvalue weighted by Crippen LogP contribution is -2.41. The van der Waals surface area contributed by atoms with Crippen LogP contribution in [0.3, 0.4) is 0 Å². The average Bonchev–Trinajstić information content (AvgIpc) is 2.66. The monoisotopic (exact) mass is 395 g/mol. The van der Waals surface area contributed by atoms with Crippen molar-refractivity contribution in [2.24, 2.45) is 0 Å². The maximum atomic E-state index is 12.5. The number of nitro groups is 2. The van der Waals surface area contributed by atoms with Gasteiger partial charge in [-0.05, 0) is 13.3 Å². The highest BCUT2D eigenvalue weighted by Gasteiger charge is 2.25. The summed E-state index contributed by atoms with van der Waals surface area (Å²) in [5.41, 5.74) is -1.42. The number of hydrogen-bond donors (Lipinski definition) is 1. The predicted octanol–water partition coefficient (Wildman–Crippen LogP) is 3.53. The van der Waals surface area contributed by atoms with Gasteiger partial charge < -0.3 is 10.1 Å². The Bertz CT molecular complexity index is 689. The molecule has 10 heteroatoms. The van der Waals surface area contributed by atoms with Crippen LogP contribution in [0.1, 0.15) is 62.7 Å². The van der Waals surface area contributed by atoms with Crippen LogP contribution < -0.4 is 5.32 Å². The number of carbonyl (C=O) groups is 2. The Balaban J connectivity index is 2.95. The van der Waals surface area contributed by atoms with E-state index in [-0.39, 0.29) is 12.2 Å². The summed E-state index contributed by atoms with van der Waals surface area (Å²) in [5.74, 6) is -1.41. The molecule has 1 unspecified atom stereocenters. The van der Waals surface area contributed by atoms with Crippen molar-refractivity contribution in [1.29, 1.82) is 0 Å². The van der Waals surface area contributed by atoms with E-state index < -0.39 is 39.1 Å². The second-order valence-electron chi connectivity index (χ2n) is 6.23. The Hall–Kier alpha value is -3.04. The molecule has 0 aromatic heterocycles. The highest BCUT2D eigenvalue weighted by atomic mass is 16.6. The maximum absolute atomic E-state index is 12.5. The Morgan fingerprint density at radius 1 is 1.00 bits per heavy atom. The Morgan fingerprint density at radius 2 is 1.57 bits per heavy atom. The van der Waals surface area contributed by atoms with Crippen molar-refractivity contribution in [3.63, 3.8) is 0 Å². The molecule has 0 saturated carbocycles. The molecule has 1 atom stereocenters. The van der Waals surface area contributed by atoms with E-state index >= 15 is 0 Å². The summed E-state index contributed by atoms with van der Waals surface area (Å²) >= 11 is 0. The molecule has 0 aliphatic heterocycles. The van der Waals surface area contributed by atoms with Crippen molar-refractivity contribution in [2.45, 2.75) is 58.4 Å². The van der Waals surface area contributed by atoms with Crippen LogP contribution in [-0.4, -0.2) is 34.4 Å². The number of hydrogen-bond acceptors (Lipinski definition) is 7. The molecule has 1 aromatic rings. The molecule has 154 valence electrons. The maximum Gasteiger partial charge on any atom is 0.328 e. The lowest BCUT2D eigenvalue weighted by Gasteiger charge is -2.17. The Morgan fingerprint density at radius 3 is 2.07 bits per heavy atom. The summed E-state index contributed by atoms with van der Waals surface area (Å²) in [6, 6.07) is 1.72. The molecule has 28 heavy (non-hydrogen) atoms. The van der Waals surface area contributed by atoms with Crippen molar-refractivity contribution < 1.29 is 24.2 Å². The van der Waals surface area contributed by atoms with Gasteiger partial charge in [0.05, 0.1) is 28.1 Å². The van der Waals surface area contributed by atoms with E-state index in [4.69, 9.17) is 4.74 Å². The molecule has 0 aliphatic carbocycles. The molecule has 0 radical (unpaired) electrons. The highest BCUT2D eigenvalue weighted by molar-refractivity contribution is 5.97. The molecule has 1 aromatic carbocycles. The van der Waals surface area contributed by atoms with Crippen LogP contribution in [0.2, 0.25) is 0 Å². The lowest BCUT2D eigenvalue weighted by atomic mass is 10.1. The van der Waals surface area contributed by atoms with Crippen LogP contribution in [0.5, 0.6) is 0 Å². The van der Waals surface area contributed by atoms with E-state index in [0.29, 0.717) is 12.8 Å². The zero-order valence-electron chi connectivity index (χ0n) is 16.0. The third-order valence-corrected chi connectivity index (χ3v) is 4.06. The van der Waals surface area contributed by atoms with Crippen LogP contribution in [-0.2, 0) is 9.53 Å². The molecule has 10 nitrogen and oxygen atoms in total. The first-order valence-corrected chi connectivity index (χ1v) is 9.21. The van der Waals surface area contributed by atoms with Gasteiger partial charge in [-0.15, -0.1) is 0 Å². The Kier molecular flexibility index (Phi) is 9.55. The topological polar surface area (TPSA) is 142 Å². The minimum Gasteiger partial charge on any atom is -0.464 e. The number of nitro benzene ring substituents is 2. The van der Waals surface area contributed by atoms with E-state index in [9.17, 15) is 29.8 Å². The van der Waals surface area contributed by atoms with Gasteiger partial charge in [0.2, 0.25) is 0 Å². The molecular weight excluding hydrogens is 370 g/mol. The minimum absolute atomic E-state index is 0.142. The SMILES string of the molecule is CCCCCCCC(NC(=O)c1cc([N+](=O)[O-])cc([N+](=O)[O-])c1)C(=O)OCC. The van der Waals surface area contributed by atoms with Gasteiger partial charge in [-0.1, -0.05) is 39.0 Å². The molecule has 1 rings (SSSR count). The lowest BCUT2D eigenvalue weighted by molar-refractivity contribution is -0.394. The number of esters is 1. The number of carbonyl (C=O) groups excluding carboxylic acids is 2. The van der Waals surface area contributed by atoms with Gasteiger partial charge in [-0.3, -0.25) is 25.0 Å². The fraction of sp³-hybridized carbons (Fsp3) is 0.556. The Labute approximate surface area is 162 Å². The van der Waals surface area contributed by atoms with Crippen molar-refractivity contribution >= 4 is 23.3 Å². The molecule has 0 bridgehead atoms. The van der Waals surface area contributed by atoms with Crippen LogP contribution >= 0.6 is 0 Å². The van der Waals surface area contributed by atoms with Gasteiger partial charge >= 0.3 is 5.97 Å². The van der Waals surface area contributed by atoms with Crippen LogP contribution in [0, 0.1) is 20.2 Å². The predicted molar refractivity (Wildman–Crippen MR) is 101 cm³/mol. The smallest absolute Gasteiger partial charge is 0.328 e. The normalized spacial score (nSPS) is 11.5. The van der Waals surface area contributed by atoms with Crippen molar-refractivity contribution in [3.05, 3.63) is 44.0 Å². The summed E-state index contributed by atoms with van der Waals surface area (Å²) in [6.07, 6.45) is 5.10. The van der Waals surface area contributed by atoms with Crippen LogP contribution in [0.25, 0.3) is 0 Å². The number of ether oxygens (including phenoxy) is 1. The summed E-state index contributed by atoms with van der Waals surface area (Å²) in [7, 11) is 0. The standard InChI is InChI=1S/C18H25N3O7/c1-3-5-6-7-8-9-16(18(23)28-4-2)19-17(22)13-10-14(20(24)25)12-15(11-13)21(26)27/h10-12,16H,3-9H2,1-2H3,(H,19,22). The summed E-state index contributed by atoms with van der Waals surface area (Å²) in [5, 5.41) is 24.4. The highest BCUT2D eigenvalue weighted by Crippen LogP contribution is 2.23. The number of rotatable bonds is 12. The first-order chi connectivity index (χ1) is 13.3. The molecule has 0 saturated heterocycles. The number of benzene rings is 1. The number of nitrogens with zero attached hydrogens (tertiary/aromatic N) is 2. The third kappa shape index (κ3) is 7.29. The van der Waals surface area contributed by atoms with E-state index in [1.165, 1.54) is 0 Å². The largest absolute Gasteiger partial charge is 0.464 e. The quantitative estimate of drug-likeness (QED) is 0.247. The summed E-state index contributed by atoms with van der Waals surface area (Å²) < 4.78 is 4.97. The second kappa shape index (κ2) is 11.6. The zero-order valence-corrected chi connectivity index (χ0v) is 16.0. The number of non-ortho nitro benzene ring substituents is 2. The van der Waals surface area contributed by atoms with Gasteiger partial charge in [0.15, 0.2) is 0 Å². The van der Waals surface area contributed by atoms with E-state index in [1.807, 2.05) is 0 Å². The summed E-state index contributed by atoms with van der Waals surface area (Å²) in [4.78, 5) is 44.9. The molecule has 1 N–H and O–H groups in total. The number of unbranched alkanes of at least 4 members (excludes halogenated alkanes) is 4. The third-order valence-electron chi connectivity index (χ3n) is 4.06. The molecule has 0 spiro atoms. The van der Waals surface area contributed by atoms with Crippen LogP contribution in [0.15, 0.2) is 18.2 Å². The average molecular weight is 395 g/mol. The second-order valence-corrected chi connectivity index (χ2v) is 6.23. The molecule has 0 fully saturated rings. The van der Waals surface area contributed by atoms with Crippen LogP contribution in [0.4, 0.5) is 11.4 Å². The summed E-state index contributed by atoms with van der Waals surface area (Å²) in [6.45, 7) is 3.87. The molecule has 0 heterocycles. The number of amides is 1. The first kappa shape index (κ1) is 23.0. The fourth-order valence-corrected chi connectivity index (χ4v) is 2.62. The molecule has 1 amide bonds. The molecular formula is C18H25N3O7. The first-order valence-electron chi connectivity index (χ1n) is 9.21. The minimum atomic E-state index is -0.924. The van der Waals surface area contributed by atoms with Gasteiger partial charge in [-0.2, -0.15) is 0 Å². The fourth-order valence-electron chi connectivity index (χ4n) is 2.62. The van der Waals surface area contributed by atoms with Gasteiger partial charge in [-0.25, -0.2) is 4.79 Å². The van der Waals surface area contributed by atoms with Gasteiger partial charge in [0.25, 0.3) is 17.3 Å². The number of nitrogens with one attached hydrogen (secondary N) is 1.